The van der Waals surface area contributed by atoms with Gasteiger partial charge in [0.05, 0.1) is 0 Å². The fourth-order valence-electron chi connectivity index (χ4n) is 2.03. The molecule has 2 aromatic carbocycles. The summed E-state index contributed by atoms with van der Waals surface area (Å²) in [5.41, 5.74) is 2.38. The van der Waals surface area contributed by atoms with E-state index >= 15 is 0 Å². The molecular weight excluding hydrogens is 295 g/mol. The van der Waals surface area contributed by atoms with E-state index in [1.54, 1.807) is 24.3 Å². The van der Waals surface area contributed by atoms with Crippen molar-refractivity contribution in [1.29, 1.82) is 0 Å². The van der Waals surface area contributed by atoms with Gasteiger partial charge < -0.3 is 10.6 Å². The van der Waals surface area contributed by atoms with E-state index in [1.807, 2.05) is 12.1 Å². The van der Waals surface area contributed by atoms with Crippen LogP contribution in [0.3, 0.4) is 0 Å². The highest BCUT2D eigenvalue weighted by molar-refractivity contribution is 5.94. The largest absolute Gasteiger partial charge is 0.385 e. The fourth-order valence-corrected chi connectivity index (χ4v) is 2.03. The van der Waals surface area contributed by atoms with Crippen LogP contribution in [0.1, 0.15) is 29.3 Å². The van der Waals surface area contributed by atoms with Crippen molar-refractivity contribution in [3.63, 3.8) is 0 Å². The van der Waals surface area contributed by atoms with Crippen molar-refractivity contribution >= 4 is 17.4 Å². The Bertz CT molecular complexity index is 666. The van der Waals surface area contributed by atoms with Gasteiger partial charge in [-0.3, -0.25) is 9.59 Å². The molecule has 0 aliphatic heterocycles. The molecule has 1 amide bonds. The van der Waals surface area contributed by atoms with Gasteiger partial charge >= 0.3 is 0 Å². The quantitative estimate of drug-likeness (QED) is 0.772. The predicted molar refractivity (Wildman–Crippen MR) is 87.8 cm³/mol. The Balaban J connectivity index is 1.70. The molecule has 0 spiro atoms. The number of ketones is 1. The summed E-state index contributed by atoms with van der Waals surface area (Å²) in [4.78, 5) is 22.9. The average Bonchev–Trinajstić information content (AvgIpc) is 2.55. The first-order valence-electron chi connectivity index (χ1n) is 7.40. The zero-order chi connectivity index (χ0) is 16.7. The van der Waals surface area contributed by atoms with Gasteiger partial charge in [-0.1, -0.05) is 12.1 Å². The second-order valence-electron chi connectivity index (χ2n) is 5.21. The number of nitrogens with one attached hydrogen (secondary N) is 2. The molecule has 0 fully saturated rings. The van der Waals surface area contributed by atoms with E-state index in [0.29, 0.717) is 25.1 Å². The number of Topliss-reactive ketones (excluding diaryl/α,β-unsaturated/α-hetero) is 1. The molecule has 23 heavy (non-hydrogen) atoms. The molecule has 2 aromatic rings. The first kappa shape index (κ1) is 16.7. The van der Waals surface area contributed by atoms with Gasteiger partial charge in [0.15, 0.2) is 5.78 Å². The summed E-state index contributed by atoms with van der Waals surface area (Å²) < 4.78 is 12.8. The maximum atomic E-state index is 12.8. The summed E-state index contributed by atoms with van der Waals surface area (Å²) in [6.07, 6.45) is 0.329. The van der Waals surface area contributed by atoms with E-state index in [1.165, 1.54) is 19.1 Å². The lowest BCUT2D eigenvalue weighted by molar-refractivity contribution is -0.121. The van der Waals surface area contributed by atoms with Gasteiger partial charge in [-0.25, -0.2) is 4.39 Å². The van der Waals surface area contributed by atoms with E-state index in [-0.39, 0.29) is 17.5 Å². The monoisotopic (exact) mass is 314 g/mol. The van der Waals surface area contributed by atoms with Gasteiger partial charge in [0, 0.05) is 30.8 Å². The number of rotatable bonds is 7. The molecule has 2 rings (SSSR count). The standard InChI is InChI=1S/C18H19FN2O2/c1-13(22)15-4-8-17(9-5-15)20-11-10-18(23)21-12-14-2-6-16(19)7-3-14/h2-9,20H,10-12H2,1H3,(H,21,23). The number of hydrogen-bond acceptors (Lipinski definition) is 3. The molecular formula is C18H19FN2O2. The van der Waals surface area contributed by atoms with Gasteiger partial charge in [-0.05, 0) is 48.9 Å². The molecule has 0 bridgehead atoms. The number of carbonyl (C=O) groups excluding carboxylic acids is 2. The van der Waals surface area contributed by atoms with E-state index in [0.717, 1.165) is 11.3 Å². The van der Waals surface area contributed by atoms with Crippen molar-refractivity contribution in [3.05, 3.63) is 65.5 Å². The van der Waals surface area contributed by atoms with Crippen molar-refractivity contribution in [3.8, 4) is 0 Å². The Morgan fingerprint density at radius 2 is 1.65 bits per heavy atom. The lowest BCUT2D eigenvalue weighted by atomic mass is 10.1. The number of benzene rings is 2. The van der Waals surface area contributed by atoms with Crippen LogP contribution < -0.4 is 10.6 Å². The zero-order valence-corrected chi connectivity index (χ0v) is 12.9. The molecule has 120 valence electrons. The van der Waals surface area contributed by atoms with E-state index in [2.05, 4.69) is 10.6 Å². The van der Waals surface area contributed by atoms with Crippen LogP contribution in [0.25, 0.3) is 0 Å². The van der Waals surface area contributed by atoms with Crippen LogP contribution in [0.4, 0.5) is 10.1 Å². The number of halogens is 1. The number of anilines is 1. The van der Waals surface area contributed by atoms with Crippen molar-refractivity contribution in [2.45, 2.75) is 19.9 Å². The molecule has 0 aliphatic rings. The van der Waals surface area contributed by atoms with Gasteiger partial charge in [0.2, 0.25) is 5.91 Å². The molecule has 5 heteroatoms. The highest BCUT2D eigenvalue weighted by Crippen LogP contribution is 2.10. The summed E-state index contributed by atoms with van der Waals surface area (Å²) in [6.45, 7) is 2.40. The summed E-state index contributed by atoms with van der Waals surface area (Å²) in [6, 6.07) is 13.1. The predicted octanol–water partition coefficient (Wildman–Crippen LogP) is 3.15. The third-order valence-corrected chi connectivity index (χ3v) is 3.38. The Morgan fingerprint density at radius 3 is 2.26 bits per heavy atom. The summed E-state index contributed by atoms with van der Waals surface area (Å²) in [5.74, 6) is -0.348. The first-order valence-corrected chi connectivity index (χ1v) is 7.40. The maximum Gasteiger partial charge on any atom is 0.222 e. The highest BCUT2D eigenvalue weighted by Gasteiger charge is 2.02. The van der Waals surface area contributed by atoms with Gasteiger partial charge in [0.25, 0.3) is 0 Å². The lowest BCUT2D eigenvalue weighted by Gasteiger charge is -2.08. The smallest absolute Gasteiger partial charge is 0.222 e. The summed E-state index contributed by atoms with van der Waals surface area (Å²) >= 11 is 0. The summed E-state index contributed by atoms with van der Waals surface area (Å²) in [7, 11) is 0. The third-order valence-electron chi connectivity index (χ3n) is 3.38. The third kappa shape index (κ3) is 5.54. The van der Waals surface area contributed by atoms with E-state index in [4.69, 9.17) is 0 Å². The topological polar surface area (TPSA) is 58.2 Å². The van der Waals surface area contributed by atoms with Gasteiger partial charge in [0.1, 0.15) is 5.82 Å². The molecule has 0 aliphatic carbocycles. The molecule has 0 heterocycles. The Labute approximate surface area is 134 Å². The number of amides is 1. The molecule has 0 unspecified atom stereocenters. The molecule has 4 nitrogen and oxygen atoms in total. The van der Waals surface area contributed by atoms with Crippen LogP contribution in [-0.2, 0) is 11.3 Å². The van der Waals surface area contributed by atoms with Crippen LogP contribution in [0.2, 0.25) is 0 Å². The van der Waals surface area contributed by atoms with Crippen LogP contribution in [0, 0.1) is 5.82 Å². The van der Waals surface area contributed by atoms with Crippen molar-refractivity contribution < 1.29 is 14.0 Å². The van der Waals surface area contributed by atoms with E-state index < -0.39 is 0 Å². The molecule has 0 saturated heterocycles. The minimum Gasteiger partial charge on any atom is -0.385 e. The highest BCUT2D eigenvalue weighted by atomic mass is 19.1. The van der Waals surface area contributed by atoms with Crippen LogP contribution >= 0.6 is 0 Å². The van der Waals surface area contributed by atoms with Crippen LogP contribution in [0.15, 0.2) is 48.5 Å². The SMILES string of the molecule is CC(=O)c1ccc(NCCC(=O)NCc2ccc(F)cc2)cc1. The Hall–Kier alpha value is -2.69. The Kier molecular flexibility index (Phi) is 5.86. The number of hydrogen-bond donors (Lipinski definition) is 2. The maximum absolute atomic E-state index is 12.8. The van der Waals surface area contributed by atoms with E-state index in [9.17, 15) is 14.0 Å². The molecule has 0 atom stereocenters. The minimum absolute atomic E-state index is 0.0247. The molecule has 0 saturated carbocycles. The minimum atomic E-state index is -0.292. The Morgan fingerprint density at radius 1 is 1.00 bits per heavy atom. The number of carbonyl (C=O) groups is 2. The summed E-state index contributed by atoms with van der Waals surface area (Å²) in [5, 5.41) is 5.91. The molecule has 0 radical (unpaired) electrons. The van der Waals surface area contributed by atoms with Gasteiger partial charge in [-0.15, -0.1) is 0 Å². The molecule has 2 N–H and O–H groups in total. The van der Waals surface area contributed by atoms with Crippen molar-refractivity contribution in [2.24, 2.45) is 0 Å². The van der Waals surface area contributed by atoms with Crippen molar-refractivity contribution in [2.75, 3.05) is 11.9 Å². The van der Waals surface area contributed by atoms with Crippen LogP contribution in [-0.4, -0.2) is 18.2 Å². The fraction of sp³-hybridized carbons (Fsp3) is 0.222. The average molecular weight is 314 g/mol. The van der Waals surface area contributed by atoms with Gasteiger partial charge in [-0.2, -0.15) is 0 Å². The lowest BCUT2D eigenvalue weighted by Crippen LogP contribution is -2.24. The van der Waals surface area contributed by atoms with Crippen LogP contribution in [0.5, 0.6) is 0 Å². The zero-order valence-electron chi connectivity index (χ0n) is 12.9. The van der Waals surface area contributed by atoms with Crippen molar-refractivity contribution in [1.82, 2.24) is 5.32 Å². The normalized spacial score (nSPS) is 10.2. The first-order chi connectivity index (χ1) is 11.0. The molecule has 0 aromatic heterocycles. The second kappa shape index (κ2) is 8.08. The second-order valence-corrected chi connectivity index (χ2v) is 5.21.